The number of carbonyl (C=O) groups excluding carboxylic acids is 1. The van der Waals surface area contributed by atoms with E-state index in [0.29, 0.717) is 24.4 Å². The minimum atomic E-state index is 0. The first kappa shape index (κ1) is 15.8. The van der Waals surface area contributed by atoms with Crippen LogP contribution in [0.4, 0.5) is 5.69 Å². The lowest BCUT2D eigenvalue weighted by atomic mass is 9.89. The van der Waals surface area contributed by atoms with E-state index in [1.165, 1.54) is 12.8 Å². The molecule has 2 unspecified atom stereocenters. The Morgan fingerprint density at radius 1 is 1.20 bits per heavy atom. The lowest BCUT2D eigenvalue weighted by Crippen LogP contribution is -2.39. The van der Waals surface area contributed by atoms with Gasteiger partial charge in [0, 0.05) is 28.7 Å². The Morgan fingerprint density at radius 3 is 2.40 bits per heavy atom. The van der Waals surface area contributed by atoms with Crippen molar-refractivity contribution in [1.29, 1.82) is 0 Å². The summed E-state index contributed by atoms with van der Waals surface area (Å²) in [7, 11) is 0. The Kier molecular flexibility index (Phi) is 5.47. The maximum atomic E-state index is 12.1. The fourth-order valence-electron chi connectivity index (χ4n) is 3.35. The zero-order valence-electron chi connectivity index (χ0n) is 11.3. The number of anilines is 1. The summed E-state index contributed by atoms with van der Waals surface area (Å²) < 4.78 is 1.03. The molecular formula is C15H20BrClN2O. The minimum absolute atomic E-state index is 0. The van der Waals surface area contributed by atoms with Crippen LogP contribution >= 0.6 is 28.3 Å². The number of hydrogen-bond acceptors (Lipinski definition) is 2. The van der Waals surface area contributed by atoms with E-state index in [0.717, 1.165) is 23.0 Å². The highest BCUT2D eigenvalue weighted by Crippen LogP contribution is 2.32. The van der Waals surface area contributed by atoms with Crippen molar-refractivity contribution in [1.82, 2.24) is 5.32 Å². The number of nitrogens with one attached hydrogen (secondary N) is 2. The van der Waals surface area contributed by atoms with Gasteiger partial charge >= 0.3 is 0 Å². The van der Waals surface area contributed by atoms with Gasteiger partial charge < -0.3 is 10.6 Å². The number of carbonyl (C=O) groups is 1. The summed E-state index contributed by atoms with van der Waals surface area (Å²) in [4.78, 5) is 12.1. The molecule has 110 valence electrons. The van der Waals surface area contributed by atoms with Crippen LogP contribution in [0.2, 0.25) is 0 Å². The predicted molar refractivity (Wildman–Crippen MR) is 87.3 cm³/mol. The van der Waals surface area contributed by atoms with E-state index in [4.69, 9.17) is 0 Å². The molecule has 0 radical (unpaired) electrons. The van der Waals surface area contributed by atoms with Crippen LogP contribution in [0.3, 0.4) is 0 Å². The van der Waals surface area contributed by atoms with Crippen LogP contribution in [-0.2, 0) is 4.79 Å². The van der Waals surface area contributed by atoms with Crippen LogP contribution in [0.5, 0.6) is 0 Å². The average Bonchev–Trinajstić information content (AvgIpc) is 2.72. The zero-order valence-corrected chi connectivity index (χ0v) is 13.7. The Balaban J connectivity index is 0.00000147. The van der Waals surface area contributed by atoms with Crippen molar-refractivity contribution in [2.75, 3.05) is 5.32 Å². The van der Waals surface area contributed by atoms with E-state index in [-0.39, 0.29) is 18.3 Å². The molecule has 3 nitrogen and oxygen atoms in total. The number of fused-ring (bicyclic) bond motifs is 2. The van der Waals surface area contributed by atoms with Gasteiger partial charge in [0.05, 0.1) is 0 Å². The van der Waals surface area contributed by atoms with Crippen LogP contribution in [-0.4, -0.2) is 18.0 Å². The Hall–Kier alpha value is -0.580. The number of amides is 1. The molecule has 2 bridgehead atoms. The molecule has 5 heteroatoms. The molecule has 1 amide bonds. The fourth-order valence-corrected chi connectivity index (χ4v) is 3.61. The highest BCUT2D eigenvalue weighted by Gasteiger charge is 2.34. The zero-order chi connectivity index (χ0) is 13.2. The summed E-state index contributed by atoms with van der Waals surface area (Å²) in [5.41, 5.74) is 0.880. The first-order valence-corrected chi connectivity index (χ1v) is 7.80. The van der Waals surface area contributed by atoms with Crippen LogP contribution in [0, 0.1) is 5.92 Å². The molecule has 1 aromatic carbocycles. The van der Waals surface area contributed by atoms with Gasteiger partial charge in [-0.3, -0.25) is 4.79 Å². The number of benzene rings is 1. The van der Waals surface area contributed by atoms with Gasteiger partial charge in [-0.1, -0.05) is 15.9 Å². The molecule has 2 N–H and O–H groups in total. The Labute approximate surface area is 134 Å². The van der Waals surface area contributed by atoms with E-state index in [1.807, 2.05) is 24.3 Å². The van der Waals surface area contributed by atoms with Gasteiger partial charge in [-0.25, -0.2) is 0 Å². The number of piperidine rings is 1. The van der Waals surface area contributed by atoms with Crippen molar-refractivity contribution in [2.45, 2.75) is 44.2 Å². The lowest BCUT2D eigenvalue weighted by Gasteiger charge is -2.28. The van der Waals surface area contributed by atoms with Gasteiger partial charge in [-0.05, 0) is 55.9 Å². The van der Waals surface area contributed by atoms with E-state index in [1.54, 1.807) is 0 Å². The van der Waals surface area contributed by atoms with Gasteiger partial charge in [-0.2, -0.15) is 0 Å². The van der Waals surface area contributed by atoms with Crippen LogP contribution in [0.1, 0.15) is 32.1 Å². The third-order valence-electron chi connectivity index (χ3n) is 4.17. The molecule has 2 heterocycles. The fraction of sp³-hybridized carbons (Fsp3) is 0.533. The summed E-state index contributed by atoms with van der Waals surface area (Å²) in [5.74, 6) is 0.697. The molecule has 1 aromatic rings. The molecule has 0 spiro atoms. The van der Waals surface area contributed by atoms with Crippen LogP contribution < -0.4 is 10.6 Å². The predicted octanol–water partition coefficient (Wildman–Crippen LogP) is 3.73. The quantitative estimate of drug-likeness (QED) is 0.863. The number of halogens is 2. The summed E-state index contributed by atoms with van der Waals surface area (Å²) >= 11 is 3.39. The van der Waals surface area contributed by atoms with E-state index >= 15 is 0 Å². The van der Waals surface area contributed by atoms with Crippen molar-refractivity contribution < 1.29 is 4.79 Å². The molecule has 2 atom stereocenters. The summed E-state index contributed by atoms with van der Waals surface area (Å²) in [6.07, 6.45) is 5.55. The highest BCUT2D eigenvalue weighted by molar-refractivity contribution is 9.10. The third-order valence-corrected chi connectivity index (χ3v) is 4.70. The van der Waals surface area contributed by atoms with Gasteiger partial charge in [0.15, 0.2) is 0 Å². The van der Waals surface area contributed by atoms with Crippen molar-refractivity contribution >= 4 is 39.9 Å². The topological polar surface area (TPSA) is 41.1 Å². The summed E-state index contributed by atoms with van der Waals surface area (Å²) in [6, 6.07) is 9.05. The van der Waals surface area contributed by atoms with Gasteiger partial charge in [0.1, 0.15) is 0 Å². The van der Waals surface area contributed by atoms with Gasteiger partial charge in [0.25, 0.3) is 0 Å². The number of rotatable bonds is 3. The van der Waals surface area contributed by atoms with Gasteiger partial charge in [-0.15, -0.1) is 12.4 Å². The van der Waals surface area contributed by atoms with E-state index in [9.17, 15) is 4.79 Å². The van der Waals surface area contributed by atoms with E-state index < -0.39 is 0 Å². The largest absolute Gasteiger partial charge is 0.326 e. The molecule has 2 aliphatic rings. The second-order valence-corrected chi connectivity index (χ2v) is 6.65. The molecule has 3 rings (SSSR count). The van der Waals surface area contributed by atoms with Crippen molar-refractivity contribution in [3.63, 3.8) is 0 Å². The van der Waals surface area contributed by atoms with Crippen molar-refractivity contribution in [2.24, 2.45) is 5.92 Å². The normalized spacial score (nSPS) is 27.8. The van der Waals surface area contributed by atoms with Crippen molar-refractivity contribution in [3.05, 3.63) is 28.7 Å². The monoisotopic (exact) mass is 358 g/mol. The summed E-state index contributed by atoms with van der Waals surface area (Å²) in [6.45, 7) is 0. The molecule has 20 heavy (non-hydrogen) atoms. The molecule has 0 saturated carbocycles. The van der Waals surface area contributed by atoms with Crippen LogP contribution in [0.15, 0.2) is 28.7 Å². The molecule has 0 aliphatic carbocycles. The highest BCUT2D eigenvalue weighted by atomic mass is 79.9. The average molecular weight is 360 g/mol. The van der Waals surface area contributed by atoms with Crippen LogP contribution in [0.25, 0.3) is 0 Å². The second-order valence-electron chi connectivity index (χ2n) is 5.73. The maximum absolute atomic E-state index is 12.1. The minimum Gasteiger partial charge on any atom is -0.326 e. The van der Waals surface area contributed by atoms with Gasteiger partial charge in [0.2, 0.25) is 5.91 Å². The maximum Gasteiger partial charge on any atom is 0.224 e. The molecule has 2 aliphatic heterocycles. The molecule has 2 fully saturated rings. The lowest BCUT2D eigenvalue weighted by molar-refractivity contribution is -0.117. The first-order valence-electron chi connectivity index (χ1n) is 7.00. The molecular weight excluding hydrogens is 340 g/mol. The Morgan fingerprint density at radius 2 is 1.80 bits per heavy atom. The smallest absolute Gasteiger partial charge is 0.224 e. The van der Waals surface area contributed by atoms with Crippen molar-refractivity contribution in [3.8, 4) is 0 Å². The standard InChI is InChI=1S/C15H19BrN2O.ClH/c16-11-1-3-12(4-2-11)18-15(19)9-10-7-13-5-6-14(8-10)17-13;/h1-4,10,13-14,17H,5-9H2,(H,18,19);1H. The third kappa shape index (κ3) is 3.96. The number of hydrogen-bond donors (Lipinski definition) is 2. The molecule has 0 aromatic heterocycles. The summed E-state index contributed by atoms with van der Waals surface area (Å²) in [5, 5.41) is 6.60. The second kappa shape index (κ2) is 6.92. The molecule has 2 saturated heterocycles. The first-order chi connectivity index (χ1) is 9.19. The van der Waals surface area contributed by atoms with E-state index in [2.05, 4.69) is 26.6 Å². The SMILES string of the molecule is Cl.O=C(CC1CC2CCC(C1)N2)Nc1ccc(Br)cc1. The Bertz CT molecular complexity index is 453.